The number of nitrogens with one attached hydrogen (secondary N) is 2. The molecule has 0 saturated heterocycles. The fraction of sp³-hybridized carbons (Fsp3) is 0.462. The Hall–Kier alpha value is -1.64. The third-order valence-electron chi connectivity index (χ3n) is 3.09. The van der Waals surface area contributed by atoms with Crippen molar-refractivity contribution in [2.24, 2.45) is 0 Å². The first kappa shape index (κ1) is 15.7. The molecule has 2 aromatic heterocycles. The molecule has 7 nitrogen and oxygen atoms in total. The van der Waals surface area contributed by atoms with Gasteiger partial charge in [-0.2, -0.15) is 0 Å². The molecule has 116 valence electrons. The molecule has 0 aliphatic carbocycles. The molecule has 0 unspecified atom stereocenters. The van der Waals surface area contributed by atoms with Crippen molar-refractivity contribution < 1.29 is 12.9 Å². The van der Waals surface area contributed by atoms with E-state index in [1.165, 1.54) is 0 Å². The Kier molecular flexibility index (Phi) is 4.81. The van der Waals surface area contributed by atoms with Crippen molar-refractivity contribution in [2.45, 2.75) is 38.4 Å². The molecule has 0 spiro atoms. The van der Waals surface area contributed by atoms with Crippen molar-refractivity contribution in [2.75, 3.05) is 7.05 Å². The minimum atomic E-state index is -3.56. The van der Waals surface area contributed by atoms with Crippen LogP contribution in [0.25, 0.3) is 0 Å². The van der Waals surface area contributed by atoms with E-state index in [4.69, 9.17) is 4.52 Å². The predicted molar refractivity (Wildman–Crippen MR) is 78.1 cm³/mol. The number of hydrogen-bond acceptors (Lipinski definition) is 5. The minimum absolute atomic E-state index is 0.109. The molecule has 0 saturated carbocycles. The minimum Gasteiger partial charge on any atom is -0.361 e. The van der Waals surface area contributed by atoms with Crippen LogP contribution in [0.5, 0.6) is 0 Å². The second kappa shape index (κ2) is 6.42. The van der Waals surface area contributed by atoms with E-state index in [2.05, 4.69) is 15.2 Å². The summed E-state index contributed by atoms with van der Waals surface area (Å²) in [6, 6.07) is 3.38. The molecule has 0 aromatic carbocycles. The fourth-order valence-electron chi connectivity index (χ4n) is 2.05. The molecule has 8 heteroatoms. The van der Waals surface area contributed by atoms with Crippen LogP contribution in [-0.2, 0) is 29.7 Å². The summed E-state index contributed by atoms with van der Waals surface area (Å²) < 4.78 is 33.9. The third-order valence-corrected chi connectivity index (χ3v) is 4.46. The van der Waals surface area contributed by atoms with Gasteiger partial charge in [-0.3, -0.25) is 0 Å². The summed E-state index contributed by atoms with van der Waals surface area (Å²) in [5, 5.41) is 6.79. The highest BCUT2D eigenvalue weighted by Gasteiger charge is 2.18. The Morgan fingerprint density at radius 2 is 2.10 bits per heavy atom. The molecule has 0 radical (unpaired) electrons. The second-order valence-electron chi connectivity index (χ2n) is 4.74. The molecule has 2 aromatic rings. The monoisotopic (exact) mass is 312 g/mol. The van der Waals surface area contributed by atoms with Gasteiger partial charge >= 0.3 is 0 Å². The van der Waals surface area contributed by atoms with Gasteiger partial charge in [0.2, 0.25) is 10.0 Å². The van der Waals surface area contributed by atoms with Gasteiger partial charge in [0.05, 0.1) is 17.1 Å². The first-order valence-electron chi connectivity index (χ1n) is 6.71. The van der Waals surface area contributed by atoms with E-state index in [0.717, 1.165) is 12.2 Å². The quantitative estimate of drug-likeness (QED) is 0.796. The van der Waals surface area contributed by atoms with E-state index in [1.807, 2.05) is 18.5 Å². The standard InChI is InChI=1S/C13H20N4O3S/c1-4-17-9-13(6-12(17)8-14-3)21(18,19)15-7-11-5-10(2)20-16-11/h5-6,9,14-15H,4,7-8H2,1-3H3. The highest BCUT2D eigenvalue weighted by molar-refractivity contribution is 7.89. The number of hydrogen-bond donors (Lipinski definition) is 2. The van der Waals surface area contributed by atoms with Crippen LogP contribution in [0, 0.1) is 6.92 Å². The van der Waals surface area contributed by atoms with Gasteiger partial charge in [0.1, 0.15) is 5.76 Å². The van der Waals surface area contributed by atoms with E-state index < -0.39 is 10.0 Å². The molecule has 21 heavy (non-hydrogen) atoms. The van der Waals surface area contributed by atoms with Gasteiger partial charge in [0.25, 0.3) is 0 Å². The summed E-state index contributed by atoms with van der Waals surface area (Å²) in [4.78, 5) is 0.259. The van der Waals surface area contributed by atoms with Crippen LogP contribution in [0.4, 0.5) is 0 Å². The molecule has 0 fully saturated rings. The lowest BCUT2D eigenvalue weighted by molar-refractivity contribution is 0.390. The van der Waals surface area contributed by atoms with Crippen LogP contribution in [-0.4, -0.2) is 25.2 Å². The van der Waals surface area contributed by atoms with Gasteiger partial charge in [-0.05, 0) is 27.0 Å². The third kappa shape index (κ3) is 3.72. The van der Waals surface area contributed by atoms with Crippen LogP contribution in [0.1, 0.15) is 24.1 Å². The number of sulfonamides is 1. The Labute approximate surface area is 124 Å². The summed E-state index contributed by atoms with van der Waals surface area (Å²) in [5.74, 6) is 0.651. The lowest BCUT2D eigenvalue weighted by Gasteiger charge is -2.03. The Bertz CT molecular complexity index is 703. The number of aromatic nitrogens is 2. The van der Waals surface area contributed by atoms with Crippen LogP contribution in [0.2, 0.25) is 0 Å². The Balaban J connectivity index is 2.15. The van der Waals surface area contributed by atoms with Gasteiger partial charge in [0, 0.05) is 31.0 Å². The summed E-state index contributed by atoms with van der Waals surface area (Å²) >= 11 is 0. The molecular formula is C13H20N4O3S. The van der Waals surface area contributed by atoms with Crippen LogP contribution in [0.3, 0.4) is 0 Å². The van der Waals surface area contributed by atoms with E-state index in [9.17, 15) is 8.42 Å². The smallest absolute Gasteiger partial charge is 0.242 e. The average molecular weight is 312 g/mol. The van der Waals surface area contributed by atoms with Crippen molar-refractivity contribution in [1.82, 2.24) is 19.8 Å². The molecule has 2 N–H and O–H groups in total. The zero-order chi connectivity index (χ0) is 15.5. The van der Waals surface area contributed by atoms with Crippen LogP contribution in [0.15, 0.2) is 27.7 Å². The lowest BCUT2D eigenvalue weighted by Crippen LogP contribution is -2.23. The molecule has 0 aliphatic heterocycles. The maximum absolute atomic E-state index is 12.3. The Morgan fingerprint density at radius 3 is 2.67 bits per heavy atom. The highest BCUT2D eigenvalue weighted by Crippen LogP contribution is 2.15. The van der Waals surface area contributed by atoms with Gasteiger partial charge in [-0.15, -0.1) is 0 Å². The van der Waals surface area contributed by atoms with Crippen LogP contribution >= 0.6 is 0 Å². The normalized spacial score (nSPS) is 12.0. The summed E-state index contributed by atoms with van der Waals surface area (Å²) in [5.41, 5.74) is 1.49. The van der Waals surface area contributed by atoms with Crippen molar-refractivity contribution >= 4 is 10.0 Å². The first-order chi connectivity index (χ1) is 9.96. The maximum Gasteiger partial charge on any atom is 0.242 e. The van der Waals surface area contributed by atoms with Crippen LogP contribution < -0.4 is 10.0 Å². The van der Waals surface area contributed by atoms with Gasteiger partial charge in [-0.1, -0.05) is 5.16 Å². The number of aryl methyl sites for hydroxylation is 2. The van der Waals surface area contributed by atoms with Crippen molar-refractivity contribution in [1.29, 1.82) is 0 Å². The van der Waals surface area contributed by atoms with Crippen molar-refractivity contribution in [3.63, 3.8) is 0 Å². The van der Waals surface area contributed by atoms with Crippen molar-refractivity contribution in [3.8, 4) is 0 Å². The summed E-state index contributed by atoms with van der Waals surface area (Å²) in [6.45, 7) is 5.18. The average Bonchev–Trinajstić information content (AvgIpc) is 3.04. The molecule has 0 atom stereocenters. The Morgan fingerprint density at radius 1 is 1.33 bits per heavy atom. The van der Waals surface area contributed by atoms with Gasteiger partial charge < -0.3 is 14.4 Å². The molecule has 0 amide bonds. The molecule has 2 heterocycles. The molecule has 0 bridgehead atoms. The largest absolute Gasteiger partial charge is 0.361 e. The van der Waals surface area contributed by atoms with E-state index in [-0.39, 0.29) is 11.4 Å². The summed E-state index contributed by atoms with van der Waals surface area (Å²) in [6.07, 6.45) is 1.64. The zero-order valence-electron chi connectivity index (χ0n) is 12.4. The van der Waals surface area contributed by atoms with E-state index in [0.29, 0.717) is 18.0 Å². The highest BCUT2D eigenvalue weighted by atomic mass is 32.2. The van der Waals surface area contributed by atoms with E-state index in [1.54, 1.807) is 25.3 Å². The fourth-order valence-corrected chi connectivity index (χ4v) is 3.11. The van der Waals surface area contributed by atoms with E-state index >= 15 is 0 Å². The van der Waals surface area contributed by atoms with Gasteiger partial charge in [-0.25, -0.2) is 13.1 Å². The number of nitrogens with zero attached hydrogens (tertiary/aromatic N) is 2. The summed E-state index contributed by atoms with van der Waals surface area (Å²) in [7, 11) is -1.73. The molecule has 0 aliphatic rings. The maximum atomic E-state index is 12.3. The van der Waals surface area contributed by atoms with Gasteiger partial charge in [0.15, 0.2) is 0 Å². The van der Waals surface area contributed by atoms with Crippen molar-refractivity contribution in [3.05, 3.63) is 35.5 Å². The topological polar surface area (TPSA) is 89.2 Å². The molecular weight excluding hydrogens is 292 g/mol. The zero-order valence-corrected chi connectivity index (χ0v) is 13.2. The SMILES string of the molecule is CCn1cc(S(=O)(=O)NCc2cc(C)on2)cc1CNC. The second-order valence-corrected chi connectivity index (χ2v) is 6.50. The molecule has 2 rings (SSSR count). The first-order valence-corrected chi connectivity index (χ1v) is 8.20. The lowest BCUT2D eigenvalue weighted by atomic mass is 10.4. The number of rotatable bonds is 7. The predicted octanol–water partition coefficient (Wildman–Crippen LogP) is 1.00.